The Labute approximate surface area is 111 Å². The average Bonchev–Trinajstić information content (AvgIpc) is 2.66. The van der Waals surface area contributed by atoms with Gasteiger partial charge in [0.25, 0.3) is 0 Å². The molecule has 0 aliphatic heterocycles. The number of aryl methyl sites for hydroxylation is 1. The van der Waals surface area contributed by atoms with Crippen molar-refractivity contribution in [2.45, 2.75) is 39.8 Å². The Morgan fingerprint density at radius 2 is 2.21 bits per heavy atom. The molecule has 102 valence electrons. The Balaban J connectivity index is 2.02. The average molecular weight is 262 g/mol. The van der Waals surface area contributed by atoms with Crippen LogP contribution in [0.15, 0.2) is 12.4 Å². The highest BCUT2D eigenvalue weighted by Crippen LogP contribution is 2.12. The van der Waals surface area contributed by atoms with Crippen molar-refractivity contribution < 1.29 is 9.53 Å². The maximum atomic E-state index is 11.5. The SMILES string of the molecule is Cc1c[nH]c2ncc(CNC(=O)OC(C)(C)C)nc12. The summed E-state index contributed by atoms with van der Waals surface area (Å²) >= 11 is 0. The van der Waals surface area contributed by atoms with Crippen LogP contribution in [0, 0.1) is 6.92 Å². The van der Waals surface area contributed by atoms with Gasteiger partial charge in [-0.05, 0) is 33.3 Å². The predicted molar refractivity (Wildman–Crippen MR) is 71.7 cm³/mol. The molecule has 0 radical (unpaired) electrons. The second-order valence-corrected chi connectivity index (χ2v) is 5.39. The Morgan fingerprint density at radius 1 is 1.47 bits per heavy atom. The molecule has 19 heavy (non-hydrogen) atoms. The molecule has 2 rings (SSSR count). The number of carbonyl (C=O) groups excluding carboxylic acids is 1. The van der Waals surface area contributed by atoms with Crippen LogP contribution in [0.4, 0.5) is 4.79 Å². The fourth-order valence-corrected chi connectivity index (χ4v) is 1.61. The molecule has 2 aromatic rings. The van der Waals surface area contributed by atoms with E-state index in [1.807, 2.05) is 33.9 Å². The molecule has 6 nitrogen and oxygen atoms in total. The Bertz CT molecular complexity index is 598. The molecule has 0 aromatic carbocycles. The van der Waals surface area contributed by atoms with E-state index in [1.54, 1.807) is 6.20 Å². The van der Waals surface area contributed by atoms with Crippen molar-refractivity contribution in [3.05, 3.63) is 23.7 Å². The number of fused-ring (bicyclic) bond motifs is 1. The highest BCUT2D eigenvalue weighted by molar-refractivity contribution is 5.74. The van der Waals surface area contributed by atoms with E-state index in [2.05, 4.69) is 20.3 Å². The van der Waals surface area contributed by atoms with E-state index >= 15 is 0 Å². The number of amides is 1. The molecule has 0 saturated carbocycles. The van der Waals surface area contributed by atoms with Gasteiger partial charge in [0.1, 0.15) is 11.1 Å². The molecule has 1 amide bonds. The largest absolute Gasteiger partial charge is 0.444 e. The van der Waals surface area contributed by atoms with Gasteiger partial charge in [-0.25, -0.2) is 14.8 Å². The fourth-order valence-electron chi connectivity index (χ4n) is 1.61. The molecule has 0 aliphatic carbocycles. The second kappa shape index (κ2) is 4.87. The van der Waals surface area contributed by atoms with Crippen LogP contribution in [0.1, 0.15) is 32.0 Å². The van der Waals surface area contributed by atoms with Gasteiger partial charge < -0.3 is 15.0 Å². The summed E-state index contributed by atoms with van der Waals surface area (Å²) in [5.74, 6) is 0. The fraction of sp³-hybridized carbons (Fsp3) is 0.462. The number of H-pyrrole nitrogens is 1. The van der Waals surface area contributed by atoms with Crippen LogP contribution in [0.3, 0.4) is 0 Å². The number of aromatic nitrogens is 3. The van der Waals surface area contributed by atoms with Crippen molar-refractivity contribution in [1.29, 1.82) is 0 Å². The standard InChI is InChI=1S/C13H18N4O2/c1-8-5-14-11-10(8)17-9(6-15-11)7-16-12(18)19-13(2,3)4/h5-6H,7H2,1-4H3,(H,14,15)(H,16,18). The molecule has 0 saturated heterocycles. The smallest absolute Gasteiger partial charge is 0.407 e. The molecule has 0 aliphatic rings. The summed E-state index contributed by atoms with van der Waals surface area (Å²) in [6.07, 6.45) is 3.03. The van der Waals surface area contributed by atoms with E-state index in [1.165, 1.54) is 0 Å². The first-order valence-corrected chi connectivity index (χ1v) is 6.11. The zero-order valence-electron chi connectivity index (χ0n) is 11.6. The topological polar surface area (TPSA) is 79.9 Å². The normalized spacial score (nSPS) is 11.6. The maximum Gasteiger partial charge on any atom is 0.407 e. The molecule has 2 aromatic heterocycles. The lowest BCUT2D eigenvalue weighted by Crippen LogP contribution is -2.32. The van der Waals surface area contributed by atoms with E-state index in [0.717, 1.165) is 16.7 Å². The van der Waals surface area contributed by atoms with E-state index in [-0.39, 0.29) is 0 Å². The Kier molecular flexibility index (Phi) is 3.42. The molecule has 0 unspecified atom stereocenters. The Morgan fingerprint density at radius 3 is 2.89 bits per heavy atom. The zero-order valence-corrected chi connectivity index (χ0v) is 11.6. The van der Waals surface area contributed by atoms with Crippen molar-refractivity contribution in [2.24, 2.45) is 0 Å². The summed E-state index contributed by atoms with van der Waals surface area (Å²) in [6.45, 7) is 7.71. The minimum absolute atomic E-state index is 0.294. The van der Waals surface area contributed by atoms with Gasteiger partial charge in [-0.3, -0.25) is 0 Å². The number of carbonyl (C=O) groups is 1. The van der Waals surface area contributed by atoms with Gasteiger partial charge in [-0.1, -0.05) is 0 Å². The number of nitrogens with one attached hydrogen (secondary N) is 2. The highest BCUT2D eigenvalue weighted by Gasteiger charge is 2.16. The quantitative estimate of drug-likeness (QED) is 0.870. The van der Waals surface area contributed by atoms with Crippen molar-refractivity contribution in [1.82, 2.24) is 20.3 Å². The third-order valence-corrected chi connectivity index (χ3v) is 2.43. The summed E-state index contributed by atoms with van der Waals surface area (Å²) in [5.41, 5.74) is 2.79. The molecule has 0 bridgehead atoms. The summed E-state index contributed by atoms with van der Waals surface area (Å²) in [5, 5.41) is 2.66. The second-order valence-electron chi connectivity index (χ2n) is 5.39. The van der Waals surface area contributed by atoms with Crippen LogP contribution in [0.2, 0.25) is 0 Å². The molecular formula is C13H18N4O2. The highest BCUT2D eigenvalue weighted by atomic mass is 16.6. The number of hydrogen-bond donors (Lipinski definition) is 2. The summed E-state index contributed by atoms with van der Waals surface area (Å²) in [6, 6.07) is 0. The van der Waals surface area contributed by atoms with Gasteiger partial charge in [0.05, 0.1) is 18.4 Å². The van der Waals surface area contributed by atoms with E-state index in [0.29, 0.717) is 12.2 Å². The van der Waals surface area contributed by atoms with Crippen molar-refractivity contribution in [3.8, 4) is 0 Å². The number of aromatic amines is 1. The number of alkyl carbamates (subject to hydrolysis) is 1. The molecular weight excluding hydrogens is 244 g/mol. The van der Waals surface area contributed by atoms with Crippen molar-refractivity contribution in [3.63, 3.8) is 0 Å². The minimum Gasteiger partial charge on any atom is -0.444 e. The van der Waals surface area contributed by atoms with E-state index < -0.39 is 11.7 Å². The summed E-state index contributed by atoms with van der Waals surface area (Å²) in [4.78, 5) is 23.2. The van der Waals surface area contributed by atoms with Crippen LogP contribution >= 0.6 is 0 Å². The maximum absolute atomic E-state index is 11.5. The van der Waals surface area contributed by atoms with Crippen LogP contribution < -0.4 is 5.32 Å². The molecule has 6 heteroatoms. The van der Waals surface area contributed by atoms with E-state index in [4.69, 9.17) is 4.74 Å². The minimum atomic E-state index is -0.503. The monoisotopic (exact) mass is 262 g/mol. The summed E-state index contributed by atoms with van der Waals surface area (Å²) in [7, 11) is 0. The van der Waals surface area contributed by atoms with Crippen LogP contribution in [0.25, 0.3) is 11.2 Å². The van der Waals surface area contributed by atoms with Crippen molar-refractivity contribution in [2.75, 3.05) is 0 Å². The number of nitrogens with zero attached hydrogens (tertiary/aromatic N) is 2. The van der Waals surface area contributed by atoms with Crippen LogP contribution in [-0.4, -0.2) is 26.6 Å². The van der Waals surface area contributed by atoms with Crippen molar-refractivity contribution >= 4 is 17.3 Å². The molecule has 2 heterocycles. The molecule has 0 atom stereocenters. The number of hydrogen-bond acceptors (Lipinski definition) is 4. The third-order valence-electron chi connectivity index (χ3n) is 2.43. The van der Waals surface area contributed by atoms with Gasteiger partial charge in [0.15, 0.2) is 5.65 Å². The lowest BCUT2D eigenvalue weighted by Gasteiger charge is -2.19. The third kappa shape index (κ3) is 3.43. The van der Waals surface area contributed by atoms with Crippen LogP contribution in [0.5, 0.6) is 0 Å². The number of rotatable bonds is 2. The van der Waals surface area contributed by atoms with E-state index in [9.17, 15) is 4.79 Å². The first-order valence-electron chi connectivity index (χ1n) is 6.11. The lowest BCUT2D eigenvalue weighted by molar-refractivity contribution is 0.0523. The number of ether oxygens (including phenoxy) is 1. The van der Waals surface area contributed by atoms with Gasteiger partial charge in [-0.2, -0.15) is 0 Å². The summed E-state index contributed by atoms with van der Waals surface area (Å²) < 4.78 is 5.15. The van der Waals surface area contributed by atoms with Gasteiger partial charge in [0, 0.05) is 6.20 Å². The van der Waals surface area contributed by atoms with Gasteiger partial charge in [-0.15, -0.1) is 0 Å². The van der Waals surface area contributed by atoms with Gasteiger partial charge in [0.2, 0.25) is 0 Å². The first-order chi connectivity index (χ1) is 8.85. The molecule has 0 fully saturated rings. The molecule has 2 N–H and O–H groups in total. The predicted octanol–water partition coefficient (Wildman–Crippen LogP) is 2.29. The van der Waals surface area contributed by atoms with Crippen LogP contribution in [-0.2, 0) is 11.3 Å². The van der Waals surface area contributed by atoms with Gasteiger partial charge >= 0.3 is 6.09 Å². The Hall–Kier alpha value is -2.11. The lowest BCUT2D eigenvalue weighted by atomic mass is 10.2. The molecule has 0 spiro atoms. The first kappa shape index (κ1) is 13.3. The zero-order chi connectivity index (χ0) is 14.0.